The van der Waals surface area contributed by atoms with Crippen LogP contribution < -0.4 is 10.5 Å². The third-order valence-corrected chi connectivity index (χ3v) is 3.39. The van der Waals surface area contributed by atoms with Crippen LogP contribution in [-0.4, -0.2) is 17.3 Å². The number of benzene rings is 1. The van der Waals surface area contributed by atoms with E-state index in [4.69, 9.17) is 10.5 Å². The molecule has 0 radical (unpaired) electrons. The Balaban J connectivity index is 2.62. The predicted octanol–water partition coefficient (Wildman–Crippen LogP) is 2.47. The first-order chi connectivity index (χ1) is 8.58. The van der Waals surface area contributed by atoms with E-state index in [1.165, 1.54) is 11.1 Å². The first-order valence-corrected chi connectivity index (χ1v) is 5.98. The molecule has 2 aromatic rings. The van der Waals surface area contributed by atoms with Gasteiger partial charge in [-0.3, -0.25) is 5.10 Å². The number of aromatic amines is 1. The number of aryl methyl sites for hydroxylation is 2. The zero-order chi connectivity index (χ0) is 13.3. The molecule has 1 aromatic heterocycles. The second kappa shape index (κ2) is 4.82. The summed E-state index contributed by atoms with van der Waals surface area (Å²) in [6.07, 6.45) is 0. The molecule has 0 atom stereocenters. The van der Waals surface area contributed by atoms with Crippen molar-refractivity contribution in [2.45, 2.75) is 27.3 Å². The summed E-state index contributed by atoms with van der Waals surface area (Å²) >= 11 is 0. The summed E-state index contributed by atoms with van der Waals surface area (Å²) in [5, 5.41) is 7.33. The number of hydrogen-bond acceptors (Lipinski definition) is 3. The van der Waals surface area contributed by atoms with Gasteiger partial charge in [-0.1, -0.05) is 0 Å². The Labute approximate surface area is 107 Å². The van der Waals surface area contributed by atoms with Crippen LogP contribution in [0, 0.1) is 20.8 Å². The molecule has 1 aromatic carbocycles. The summed E-state index contributed by atoms with van der Waals surface area (Å²) in [5.74, 6) is 0.844. The molecule has 2 rings (SSSR count). The zero-order valence-corrected chi connectivity index (χ0v) is 11.3. The Kier molecular flexibility index (Phi) is 3.39. The van der Waals surface area contributed by atoms with E-state index >= 15 is 0 Å². The predicted molar refractivity (Wildman–Crippen MR) is 72.7 cm³/mol. The maximum absolute atomic E-state index is 5.66. The van der Waals surface area contributed by atoms with E-state index in [1.54, 1.807) is 7.11 Å². The molecule has 0 aliphatic heterocycles. The number of nitrogens with one attached hydrogen (secondary N) is 1. The zero-order valence-electron chi connectivity index (χ0n) is 11.3. The van der Waals surface area contributed by atoms with Crippen molar-refractivity contribution in [2.75, 3.05) is 7.11 Å². The average molecular weight is 245 g/mol. The fraction of sp³-hybridized carbons (Fsp3) is 0.357. The highest BCUT2D eigenvalue weighted by Gasteiger charge is 2.15. The van der Waals surface area contributed by atoms with Crippen LogP contribution >= 0.6 is 0 Å². The number of ether oxygens (including phenoxy) is 1. The van der Waals surface area contributed by atoms with Gasteiger partial charge in [0.2, 0.25) is 0 Å². The summed E-state index contributed by atoms with van der Waals surface area (Å²) < 4.78 is 5.45. The lowest BCUT2D eigenvalue weighted by Crippen LogP contribution is -1.98. The van der Waals surface area contributed by atoms with Crippen molar-refractivity contribution in [2.24, 2.45) is 5.73 Å². The maximum atomic E-state index is 5.66. The van der Waals surface area contributed by atoms with Crippen LogP contribution in [-0.2, 0) is 6.54 Å². The van der Waals surface area contributed by atoms with Gasteiger partial charge >= 0.3 is 0 Å². The molecule has 0 unspecified atom stereocenters. The van der Waals surface area contributed by atoms with Gasteiger partial charge in [-0.05, 0) is 49.6 Å². The number of nitrogens with zero attached hydrogens (tertiary/aromatic N) is 1. The van der Waals surface area contributed by atoms with E-state index in [9.17, 15) is 0 Å². The van der Waals surface area contributed by atoms with Crippen LogP contribution in [0.5, 0.6) is 5.75 Å². The minimum absolute atomic E-state index is 0.464. The smallest absolute Gasteiger partial charge is 0.128 e. The molecule has 3 N–H and O–H groups in total. The Morgan fingerprint density at radius 2 is 1.89 bits per heavy atom. The maximum Gasteiger partial charge on any atom is 0.128 e. The van der Waals surface area contributed by atoms with E-state index in [0.717, 1.165) is 28.3 Å². The third kappa shape index (κ3) is 1.99. The van der Waals surface area contributed by atoms with Crippen LogP contribution in [0.1, 0.15) is 22.4 Å². The SMILES string of the molecule is COc1cc(C)c(C)cc1-c1n[nH]c(CN)c1C. The van der Waals surface area contributed by atoms with E-state index < -0.39 is 0 Å². The highest BCUT2D eigenvalue weighted by Crippen LogP contribution is 2.33. The molecule has 0 bridgehead atoms. The second-order valence-corrected chi connectivity index (χ2v) is 4.52. The van der Waals surface area contributed by atoms with Gasteiger partial charge in [0.15, 0.2) is 0 Å². The summed E-state index contributed by atoms with van der Waals surface area (Å²) in [7, 11) is 1.68. The molecule has 1 heterocycles. The summed E-state index contributed by atoms with van der Waals surface area (Å²) in [5.41, 5.74) is 12.1. The summed E-state index contributed by atoms with van der Waals surface area (Å²) in [6.45, 7) is 6.65. The molecule has 0 fully saturated rings. The highest BCUT2D eigenvalue weighted by atomic mass is 16.5. The Bertz CT molecular complexity index is 573. The van der Waals surface area contributed by atoms with Crippen LogP contribution in [0.4, 0.5) is 0 Å². The van der Waals surface area contributed by atoms with Gasteiger partial charge in [-0.2, -0.15) is 5.10 Å². The normalized spacial score (nSPS) is 10.7. The second-order valence-electron chi connectivity index (χ2n) is 4.52. The molecule has 18 heavy (non-hydrogen) atoms. The van der Waals surface area contributed by atoms with Crippen LogP contribution in [0.3, 0.4) is 0 Å². The Morgan fingerprint density at radius 3 is 2.44 bits per heavy atom. The van der Waals surface area contributed by atoms with Crippen LogP contribution in [0.15, 0.2) is 12.1 Å². The number of aromatic nitrogens is 2. The summed E-state index contributed by atoms with van der Waals surface area (Å²) in [4.78, 5) is 0. The van der Waals surface area contributed by atoms with Crippen molar-refractivity contribution in [3.05, 3.63) is 34.5 Å². The quantitative estimate of drug-likeness (QED) is 0.873. The first-order valence-electron chi connectivity index (χ1n) is 5.98. The van der Waals surface area contributed by atoms with Gasteiger partial charge in [0.25, 0.3) is 0 Å². The van der Waals surface area contributed by atoms with Crippen molar-refractivity contribution in [1.82, 2.24) is 10.2 Å². The molecule has 0 spiro atoms. The van der Waals surface area contributed by atoms with E-state index in [1.807, 2.05) is 13.0 Å². The fourth-order valence-electron chi connectivity index (χ4n) is 2.04. The monoisotopic (exact) mass is 245 g/mol. The average Bonchev–Trinajstić information content (AvgIpc) is 2.73. The van der Waals surface area contributed by atoms with Gasteiger partial charge in [-0.15, -0.1) is 0 Å². The summed E-state index contributed by atoms with van der Waals surface area (Å²) in [6, 6.07) is 4.15. The van der Waals surface area contributed by atoms with Gasteiger partial charge < -0.3 is 10.5 Å². The first kappa shape index (κ1) is 12.6. The number of H-pyrrole nitrogens is 1. The topological polar surface area (TPSA) is 63.9 Å². The number of methoxy groups -OCH3 is 1. The van der Waals surface area contributed by atoms with Crippen molar-refractivity contribution in [1.29, 1.82) is 0 Å². The van der Waals surface area contributed by atoms with E-state index in [0.29, 0.717) is 6.54 Å². The highest BCUT2D eigenvalue weighted by molar-refractivity contribution is 5.72. The van der Waals surface area contributed by atoms with Crippen LogP contribution in [0.25, 0.3) is 11.3 Å². The van der Waals surface area contributed by atoms with Crippen LogP contribution in [0.2, 0.25) is 0 Å². The lowest BCUT2D eigenvalue weighted by atomic mass is 10.0. The van der Waals surface area contributed by atoms with Crippen molar-refractivity contribution >= 4 is 0 Å². The molecular formula is C14H19N3O. The lowest BCUT2D eigenvalue weighted by molar-refractivity contribution is 0.416. The lowest BCUT2D eigenvalue weighted by Gasteiger charge is -2.10. The molecule has 0 saturated carbocycles. The standard InChI is InChI=1S/C14H19N3O/c1-8-5-11(13(18-4)6-9(8)2)14-10(3)12(7-15)16-17-14/h5-6H,7,15H2,1-4H3,(H,16,17). The number of hydrogen-bond donors (Lipinski definition) is 2. The van der Waals surface area contributed by atoms with E-state index in [2.05, 4.69) is 30.1 Å². The molecule has 0 aliphatic rings. The number of rotatable bonds is 3. The molecule has 96 valence electrons. The molecule has 0 aliphatic carbocycles. The minimum atomic E-state index is 0.464. The van der Waals surface area contributed by atoms with E-state index in [-0.39, 0.29) is 0 Å². The largest absolute Gasteiger partial charge is 0.496 e. The van der Waals surface area contributed by atoms with Crippen molar-refractivity contribution < 1.29 is 4.74 Å². The van der Waals surface area contributed by atoms with Gasteiger partial charge in [0.1, 0.15) is 5.75 Å². The Morgan fingerprint density at radius 1 is 1.22 bits per heavy atom. The van der Waals surface area contributed by atoms with Crippen molar-refractivity contribution in [3.8, 4) is 17.0 Å². The molecule has 0 saturated heterocycles. The third-order valence-electron chi connectivity index (χ3n) is 3.39. The molecule has 0 amide bonds. The number of nitrogens with two attached hydrogens (primary N) is 1. The molecule has 4 nitrogen and oxygen atoms in total. The fourth-order valence-corrected chi connectivity index (χ4v) is 2.04. The minimum Gasteiger partial charge on any atom is -0.496 e. The van der Waals surface area contributed by atoms with Gasteiger partial charge in [-0.25, -0.2) is 0 Å². The Hall–Kier alpha value is -1.81. The molecule has 4 heteroatoms. The van der Waals surface area contributed by atoms with Gasteiger partial charge in [0.05, 0.1) is 18.5 Å². The molecular weight excluding hydrogens is 226 g/mol. The van der Waals surface area contributed by atoms with Crippen molar-refractivity contribution in [3.63, 3.8) is 0 Å². The van der Waals surface area contributed by atoms with Gasteiger partial charge in [0, 0.05) is 12.1 Å².